The van der Waals surface area contributed by atoms with E-state index in [1.807, 2.05) is 35.8 Å². The number of nitrogens with one attached hydrogen (secondary N) is 1. The van der Waals surface area contributed by atoms with Crippen molar-refractivity contribution in [1.29, 1.82) is 0 Å². The van der Waals surface area contributed by atoms with Crippen molar-refractivity contribution in [2.45, 2.75) is 24.7 Å². The number of primary amides is 1. The maximum absolute atomic E-state index is 13.7. The molecule has 3 aliphatic heterocycles. The number of rotatable bonds is 7. The first kappa shape index (κ1) is 20.8. The summed E-state index contributed by atoms with van der Waals surface area (Å²) < 4.78 is 11.1. The molecule has 0 aromatic rings. The minimum Gasteiger partial charge on any atom is -0.449 e. The fourth-order valence-corrected chi connectivity index (χ4v) is 5.20. The number of methoxy groups -OCH3 is 1. The summed E-state index contributed by atoms with van der Waals surface area (Å²) in [5.41, 5.74) is 5.80. The van der Waals surface area contributed by atoms with E-state index in [0.29, 0.717) is 35.6 Å². The van der Waals surface area contributed by atoms with Crippen LogP contribution in [0, 0.1) is 5.92 Å². The number of ketones is 2. The van der Waals surface area contributed by atoms with Gasteiger partial charge in [0.2, 0.25) is 11.6 Å². The summed E-state index contributed by atoms with van der Waals surface area (Å²) in [6, 6.07) is 0.122. The van der Waals surface area contributed by atoms with E-state index in [1.165, 1.54) is 0 Å². The number of ether oxygens (including phenoxy) is 2. The summed E-state index contributed by atoms with van der Waals surface area (Å²) in [7, 11) is 7.28. The standard InChI is InChI=1S/C20H29N5O5/c1-10-14(24(4)7-6-23(2)3)17(27)13-11(9-30-19(21)28)20(29-5)18-12(22-18)8-25(20)15(13)16(10)26/h11-12,18,22H,6-9H2,1-5H3,(H2,21,28)/t11-,12+,18+,20-/m1/s1. The second-order valence-electron chi connectivity index (χ2n) is 8.62. The number of likely N-dealkylation sites (N-methyl/N-ethyl adjacent to an activating group) is 2. The van der Waals surface area contributed by atoms with Crippen LogP contribution in [-0.4, -0.2) is 105 Å². The van der Waals surface area contributed by atoms with Gasteiger partial charge < -0.3 is 35.2 Å². The number of fused-ring (bicyclic) bond motifs is 4. The van der Waals surface area contributed by atoms with Gasteiger partial charge in [0.05, 0.1) is 23.4 Å². The minimum absolute atomic E-state index is 0.0506. The zero-order valence-corrected chi connectivity index (χ0v) is 18.0. The van der Waals surface area contributed by atoms with E-state index in [1.54, 1.807) is 14.0 Å². The smallest absolute Gasteiger partial charge is 0.404 e. The van der Waals surface area contributed by atoms with E-state index in [4.69, 9.17) is 15.2 Å². The number of piperazine rings is 1. The van der Waals surface area contributed by atoms with Gasteiger partial charge in [-0.3, -0.25) is 9.59 Å². The monoisotopic (exact) mass is 419 g/mol. The number of nitrogens with two attached hydrogens (primary N) is 1. The van der Waals surface area contributed by atoms with E-state index < -0.39 is 17.7 Å². The largest absolute Gasteiger partial charge is 0.449 e. The van der Waals surface area contributed by atoms with Crippen molar-refractivity contribution in [3.63, 3.8) is 0 Å². The molecule has 4 rings (SSSR count). The topological polar surface area (TPSA) is 127 Å². The molecule has 0 saturated carbocycles. The average Bonchev–Trinajstić information content (AvgIpc) is 3.29. The molecule has 1 aliphatic carbocycles. The Morgan fingerprint density at radius 3 is 2.57 bits per heavy atom. The zero-order chi connectivity index (χ0) is 22.0. The lowest BCUT2D eigenvalue weighted by Gasteiger charge is -2.39. The third-order valence-corrected chi connectivity index (χ3v) is 6.66. The van der Waals surface area contributed by atoms with Crippen molar-refractivity contribution in [3.05, 3.63) is 22.5 Å². The molecule has 30 heavy (non-hydrogen) atoms. The Morgan fingerprint density at radius 1 is 1.27 bits per heavy atom. The predicted molar refractivity (Wildman–Crippen MR) is 107 cm³/mol. The van der Waals surface area contributed by atoms with Crippen LogP contribution in [-0.2, 0) is 19.1 Å². The highest BCUT2D eigenvalue weighted by molar-refractivity contribution is 6.25. The molecule has 0 aromatic carbocycles. The number of hydrogen-bond donors (Lipinski definition) is 2. The number of Topliss-reactive ketones (excluding diaryl/α,β-unsaturated/α-hetero) is 2. The number of amides is 1. The zero-order valence-electron chi connectivity index (χ0n) is 18.0. The van der Waals surface area contributed by atoms with Crippen LogP contribution < -0.4 is 11.1 Å². The average molecular weight is 419 g/mol. The van der Waals surface area contributed by atoms with Crippen molar-refractivity contribution in [2.24, 2.45) is 11.7 Å². The van der Waals surface area contributed by atoms with Crippen LogP contribution >= 0.6 is 0 Å². The molecule has 0 bridgehead atoms. The second kappa shape index (κ2) is 7.07. The maximum atomic E-state index is 13.7. The molecule has 2 fully saturated rings. The molecule has 1 amide bonds. The van der Waals surface area contributed by atoms with Crippen LogP contribution in [0.5, 0.6) is 0 Å². The predicted octanol–water partition coefficient (Wildman–Crippen LogP) is -1.12. The molecule has 0 spiro atoms. The lowest BCUT2D eigenvalue weighted by Crippen LogP contribution is -2.55. The highest BCUT2D eigenvalue weighted by atomic mass is 16.6. The molecule has 0 aromatic heterocycles. The number of hydrogen-bond acceptors (Lipinski definition) is 9. The van der Waals surface area contributed by atoms with Crippen LogP contribution in [0.4, 0.5) is 4.79 Å². The lowest BCUT2D eigenvalue weighted by atomic mass is 9.82. The lowest BCUT2D eigenvalue weighted by molar-refractivity contribution is -0.137. The van der Waals surface area contributed by atoms with Gasteiger partial charge in [-0.05, 0) is 21.0 Å². The molecule has 3 N–H and O–H groups in total. The molecule has 4 aliphatic rings. The van der Waals surface area contributed by atoms with Crippen LogP contribution in [0.1, 0.15) is 6.92 Å². The molecular weight excluding hydrogens is 390 g/mol. The quantitative estimate of drug-likeness (QED) is 0.390. The Labute approximate surface area is 175 Å². The molecule has 0 unspecified atom stereocenters. The van der Waals surface area contributed by atoms with E-state index in [2.05, 4.69) is 5.32 Å². The van der Waals surface area contributed by atoms with E-state index in [9.17, 15) is 14.4 Å². The van der Waals surface area contributed by atoms with Gasteiger partial charge >= 0.3 is 6.09 Å². The van der Waals surface area contributed by atoms with Crippen LogP contribution in [0.3, 0.4) is 0 Å². The normalized spacial score (nSPS) is 31.9. The van der Waals surface area contributed by atoms with Gasteiger partial charge in [0.25, 0.3) is 0 Å². The highest BCUT2D eigenvalue weighted by Gasteiger charge is 2.72. The summed E-state index contributed by atoms with van der Waals surface area (Å²) in [5, 5.41) is 3.35. The summed E-state index contributed by atoms with van der Waals surface area (Å²) >= 11 is 0. The molecule has 2 saturated heterocycles. The van der Waals surface area contributed by atoms with Gasteiger partial charge in [-0.2, -0.15) is 0 Å². The fraction of sp³-hybridized carbons (Fsp3) is 0.650. The molecular formula is C20H29N5O5. The van der Waals surface area contributed by atoms with Gasteiger partial charge in [0.1, 0.15) is 6.61 Å². The van der Waals surface area contributed by atoms with E-state index in [-0.39, 0.29) is 30.3 Å². The van der Waals surface area contributed by atoms with Crippen LogP contribution in [0.2, 0.25) is 0 Å². The Hall–Kier alpha value is -2.43. The first-order valence-corrected chi connectivity index (χ1v) is 10.1. The Bertz CT molecular complexity index is 881. The van der Waals surface area contributed by atoms with Gasteiger partial charge in [0.15, 0.2) is 5.72 Å². The van der Waals surface area contributed by atoms with Crippen molar-refractivity contribution in [3.8, 4) is 0 Å². The van der Waals surface area contributed by atoms with Gasteiger partial charge in [-0.25, -0.2) is 4.79 Å². The van der Waals surface area contributed by atoms with Gasteiger partial charge in [-0.1, -0.05) is 0 Å². The van der Waals surface area contributed by atoms with Crippen LogP contribution in [0.15, 0.2) is 22.5 Å². The summed E-state index contributed by atoms with van der Waals surface area (Å²) in [5.74, 6) is -1.01. The minimum atomic E-state index is -0.950. The first-order chi connectivity index (χ1) is 14.1. The summed E-state index contributed by atoms with van der Waals surface area (Å²) in [6.07, 6.45) is -0.926. The molecule has 4 atom stereocenters. The molecule has 0 radical (unpaired) electrons. The van der Waals surface area contributed by atoms with Crippen molar-refractivity contribution >= 4 is 17.7 Å². The third kappa shape index (κ3) is 2.78. The fourth-order valence-electron chi connectivity index (χ4n) is 5.20. The molecule has 164 valence electrons. The van der Waals surface area contributed by atoms with E-state index >= 15 is 0 Å². The number of carbonyl (C=O) groups excluding carboxylic acids is 3. The Morgan fingerprint density at radius 2 is 1.97 bits per heavy atom. The SMILES string of the molecule is CO[C@@]12[C@H](COC(N)=O)C3=C(C(=O)C(C)=C(N(C)CCN(C)C)C3=O)N1C[C@@H]1N[C@@H]12. The van der Waals surface area contributed by atoms with Gasteiger partial charge in [-0.15, -0.1) is 0 Å². The Kier molecular flexibility index (Phi) is 4.91. The first-order valence-electron chi connectivity index (χ1n) is 10.1. The number of allylic oxidation sites excluding steroid dienone is 2. The Balaban J connectivity index is 1.75. The van der Waals surface area contributed by atoms with Crippen molar-refractivity contribution < 1.29 is 23.9 Å². The summed E-state index contributed by atoms with van der Waals surface area (Å²) in [4.78, 5) is 44.3. The number of nitrogens with zero attached hydrogens (tertiary/aromatic N) is 3. The third-order valence-electron chi connectivity index (χ3n) is 6.66. The number of carbonyl (C=O) groups is 3. The molecule has 3 heterocycles. The maximum Gasteiger partial charge on any atom is 0.404 e. The van der Waals surface area contributed by atoms with E-state index in [0.717, 1.165) is 6.54 Å². The second-order valence-corrected chi connectivity index (χ2v) is 8.62. The van der Waals surface area contributed by atoms with Crippen molar-refractivity contribution in [1.82, 2.24) is 20.0 Å². The summed E-state index contributed by atoms with van der Waals surface area (Å²) in [6.45, 7) is 3.45. The molecule has 10 heteroatoms. The van der Waals surface area contributed by atoms with Gasteiger partial charge in [0, 0.05) is 51.0 Å². The van der Waals surface area contributed by atoms with Crippen molar-refractivity contribution in [2.75, 3.05) is 54.5 Å². The van der Waals surface area contributed by atoms with Crippen LogP contribution in [0.25, 0.3) is 0 Å². The molecule has 10 nitrogen and oxygen atoms in total. The highest BCUT2D eigenvalue weighted by Crippen LogP contribution is 2.55.